The molecule has 36 heavy (non-hydrogen) atoms. The van der Waals surface area contributed by atoms with Crippen molar-refractivity contribution >= 4 is 50.0 Å². The lowest BCUT2D eigenvalue weighted by molar-refractivity contribution is 0.102. The number of carbonyl (C=O) groups is 1. The van der Waals surface area contributed by atoms with E-state index < -0.39 is 0 Å². The zero-order valence-electron chi connectivity index (χ0n) is 20.1. The van der Waals surface area contributed by atoms with Crippen LogP contribution in [0.3, 0.4) is 0 Å². The number of fused-ring (bicyclic) bond motifs is 1. The number of nitrogens with one attached hydrogen (secondary N) is 1. The summed E-state index contributed by atoms with van der Waals surface area (Å²) in [6, 6.07) is 1.99. The molecule has 11 nitrogen and oxygen atoms in total. The van der Waals surface area contributed by atoms with Crippen LogP contribution >= 0.6 is 11.3 Å². The van der Waals surface area contributed by atoms with Gasteiger partial charge in [0.1, 0.15) is 11.5 Å². The van der Waals surface area contributed by atoms with Crippen LogP contribution in [0.5, 0.6) is 0 Å². The first-order valence-corrected chi connectivity index (χ1v) is 13.4. The molecule has 6 heterocycles. The second-order valence-electron chi connectivity index (χ2n) is 9.43. The third-order valence-corrected chi connectivity index (χ3v) is 7.93. The second kappa shape index (κ2) is 10.1. The average Bonchev–Trinajstić information content (AvgIpc) is 3.55. The van der Waals surface area contributed by atoms with Crippen molar-refractivity contribution in [2.24, 2.45) is 0 Å². The fourth-order valence-electron chi connectivity index (χ4n) is 4.93. The molecule has 0 spiro atoms. The number of aliphatic hydroxyl groups is 1. The van der Waals surface area contributed by atoms with E-state index in [0.717, 1.165) is 54.7 Å². The van der Waals surface area contributed by atoms with E-state index in [1.54, 1.807) is 17.5 Å². The van der Waals surface area contributed by atoms with Gasteiger partial charge in [0, 0.05) is 39.3 Å². The predicted octanol–water partition coefficient (Wildman–Crippen LogP) is 2.13. The Morgan fingerprint density at radius 3 is 2.61 bits per heavy atom. The number of carbonyl (C=O) groups excluding carboxylic acids is 1. The molecule has 3 aliphatic rings. The molecule has 3 saturated heterocycles. The summed E-state index contributed by atoms with van der Waals surface area (Å²) < 4.78 is 6.41. The Balaban J connectivity index is 1.30. The first-order valence-electron chi connectivity index (χ1n) is 12.6. The van der Waals surface area contributed by atoms with Crippen LogP contribution in [-0.4, -0.2) is 89.5 Å². The maximum Gasteiger partial charge on any atom is 0.276 e. The van der Waals surface area contributed by atoms with Gasteiger partial charge in [-0.15, -0.1) is 0 Å². The van der Waals surface area contributed by atoms with E-state index in [2.05, 4.69) is 25.1 Å². The summed E-state index contributed by atoms with van der Waals surface area (Å²) in [7, 11) is 0. The number of amides is 1. The van der Waals surface area contributed by atoms with Gasteiger partial charge in [0.25, 0.3) is 5.91 Å². The first-order chi connectivity index (χ1) is 17.6. The van der Waals surface area contributed by atoms with Crippen molar-refractivity contribution in [1.82, 2.24) is 19.9 Å². The highest BCUT2D eigenvalue weighted by Gasteiger charge is 2.25. The molecule has 12 heteroatoms. The minimum Gasteiger partial charge on any atom is -0.391 e. The predicted molar refractivity (Wildman–Crippen MR) is 139 cm³/mol. The van der Waals surface area contributed by atoms with E-state index >= 15 is 0 Å². The number of aromatic nitrogens is 4. The lowest BCUT2D eigenvalue weighted by Crippen LogP contribution is -2.36. The Bertz CT molecular complexity index is 1240. The lowest BCUT2D eigenvalue weighted by Gasteiger charge is -2.29. The first kappa shape index (κ1) is 23.3. The topological polar surface area (TPSA) is 120 Å². The van der Waals surface area contributed by atoms with Gasteiger partial charge in [-0.3, -0.25) is 9.78 Å². The number of piperidine rings is 1. The number of anilines is 4. The highest BCUT2D eigenvalue weighted by Crippen LogP contribution is 2.35. The molecule has 2 N–H and O–H groups in total. The zero-order valence-corrected chi connectivity index (χ0v) is 20.9. The molecule has 1 atom stereocenters. The van der Waals surface area contributed by atoms with Crippen molar-refractivity contribution in [3.8, 4) is 0 Å². The van der Waals surface area contributed by atoms with Crippen molar-refractivity contribution in [2.45, 2.75) is 31.8 Å². The Kier molecular flexibility index (Phi) is 6.55. The summed E-state index contributed by atoms with van der Waals surface area (Å²) in [5.41, 5.74) is 1.60. The summed E-state index contributed by atoms with van der Waals surface area (Å²) in [5, 5.41) is 13.9. The average molecular weight is 511 g/mol. The smallest absolute Gasteiger partial charge is 0.276 e. The Morgan fingerprint density at radius 1 is 1.00 bits per heavy atom. The molecule has 0 aliphatic carbocycles. The highest BCUT2D eigenvalue weighted by molar-refractivity contribution is 7.22. The second-order valence-corrected chi connectivity index (χ2v) is 10.4. The van der Waals surface area contributed by atoms with Crippen molar-refractivity contribution < 1.29 is 14.6 Å². The standard InChI is InChI=1S/C24H30N8O3S/c33-16-4-7-32(15-16)20-14-25-13-18(26-20)23(34)27-17-12-19-21(28-22(17)30-5-2-1-3-6-30)29-24(36-19)31-8-10-35-11-9-31/h12-14,16,33H,1-11,15H2,(H,27,34)/t16-/m1/s1. The summed E-state index contributed by atoms with van der Waals surface area (Å²) in [6.07, 6.45) is 6.80. The van der Waals surface area contributed by atoms with Crippen LogP contribution in [0.1, 0.15) is 36.2 Å². The molecule has 3 aromatic heterocycles. The fourth-order valence-corrected chi connectivity index (χ4v) is 5.92. The Labute approximate surface area is 213 Å². The molecular weight excluding hydrogens is 480 g/mol. The monoisotopic (exact) mass is 510 g/mol. The van der Waals surface area contributed by atoms with Gasteiger partial charge in [-0.1, -0.05) is 11.3 Å². The molecule has 3 fully saturated rings. The summed E-state index contributed by atoms with van der Waals surface area (Å²) >= 11 is 1.58. The molecular formula is C24H30N8O3S. The number of aliphatic hydroxyl groups excluding tert-OH is 1. The molecule has 0 aromatic carbocycles. The Morgan fingerprint density at radius 2 is 1.83 bits per heavy atom. The quantitative estimate of drug-likeness (QED) is 0.528. The van der Waals surface area contributed by atoms with Crippen LogP contribution < -0.4 is 20.0 Å². The van der Waals surface area contributed by atoms with Crippen molar-refractivity contribution in [1.29, 1.82) is 0 Å². The maximum absolute atomic E-state index is 13.3. The summed E-state index contributed by atoms with van der Waals surface area (Å²) in [6.45, 7) is 5.99. The van der Waals surface area contributed by atoms with Crippen molar-refractivity contribution in [2.75, 3.05) is 72.5 Å². The van der Waals surface area contributed by atoms with Gasteiger partial charge in [0.15, 0.2) is 16.6 Å². The lowest BCUT2D eigenvalue weighted by atomic mass is 10.1. The van der Waals surface area contributed by atoms with Crippen LogP contribution in [-0.2, 0) is 4.74 Å². The molecule has 0 saturated carbocycles. The number of hydrogen-bond acceptors (Lipinski definition) is 11. The van der Waals surface area contributed by atoms with E-state index in [0.29, 0.717) is 49.9 Å². The normalized spacial score (nSPS) is 20.8. The Hall–Kier alpha value is -3.09. The highest BCUT2D eigenvalue weighted by atomic mass is 32.1. The number of hydrogen-bond donors (Lipinski definition) is 2. The van der Waals surface area contributed by atoms with Crippen LogP contribution in [0, 0.1) is 0 Å². The van der Waals surface area contributed by atoms with Gasteiger partial charge in [-0.2, -0.15) is 4.98 Å². The van der Waals surface area contributed by atoms with Crippen molar-refractivity contribution in [3.63, 3.8) is 0 Å². The van der Waals surface area contributed by atoms with Gasteiger partial charge >= 0.3 is 0 Å². The van der Waals surface area contributed by atoms with Gasteiger partial charge in [-0.25, -0.2) is 9.97 Å². The maximum atomic E-state index is 13.3. The molecule has 0 unspecified atom stereocenters. The number of nitrogens with zero attached hydrogens (tertiary/aromatic N) is 7. The third kappa shape index (κ3) is 4.80. The van der Waals surface area contributed by atoms with Crippen LogP contribution in [0.25, 0.3) is 10.3 Å². The van der Waals surface area contributed by atoms with Crippen LogP contribution in [0.2, 0.25) is 0 Å². The van der Waals surface area contributed by atoms with Crippen molar-refractivity contribution in [3.05, 3.63) is 24.2 Å². The number of morpholine rings is 1. The number of β-amino-alcohol motifs (C(OH)–C–C–N with tert-alkyl or cyclic N) is 1. The third-order valence-electron chi connectivity index (χ3n) is 6.88. The van der Waals surface area contributed by atoms with E-state index in [1.165, 1.54) is 12.6 Å². The SMILES string of the molecule is O=C(Nc1cc2sc(N3CCOCC3)nc2nc1N1CCCCC1)c1cncc(N2CC[C@@H](O)C2)n1. The number of thiazole rings is 1. The summed E-state index contributed by atoms with van der Waals surface area (Å²) in [5.74, 6) is 1.02. The molecule has 0 bridgehead atoms. The molecule has 3 aliphatic heterocycles. The van der Waals surface area contributed by atoms with E-state index in [9.17, 15) is 9.90 Å². The minimum atomic E-state index is -0.379. The number of pyridine rings is 1. The molecule has 1 amide bonds. The largest absolute Gasteiger partial charge is 0.391 e. The van der Waals surface area contributed by atoms with Crippen LogP contribution in [0.4, 0.5) is 22.5 Å². The minimum absolute atomic E-state index is 0.233. The summed E-state index contributed by atoms with van der Waals surface area (Å²) in [4.78, 5) is 38.2. The van der Waals surface area contributed by atoms with Gasteiger partial charge in [-0.05, 0) is 31.7 Å². The molecule has 190 valence electrons. The van der Waals surface area contributed by atoms with E-state index in [1.807, 2.05) is 11.0 Å². The number of ether oxygens (including phenoxy) is 1. The fraction of sp³-hybridized carbons (Fsp3) is 0.542. The zero-order chi connectivity index (χ0) is 24.5. The van der Waals surface area contributed by atoms with E-state index in [-0.39, 0.29) is 17.7 Å². The van der Waals surface area contributed by atoms with E-state index in [4.69, 9.17) is 14.7 Å². The molecule has 3 aromatic rings. The molecule has 6 rings (SSSR count). The van der Waals surface area contributed by atoms with Gasteiger partial charge in [0.2, 0.25) is 0 Å². The van der Waals surface area contributed by atoms with Crippen LogP contribution in [0.15, 0.2) is 18.5 Å². The molecule has 0 radical (unpaired) electrons. The van der Waals surface area contributed by atoms with Gasteiger partial charge in [0.05, 0.1) is 42.1 Å². The number of rotatable bonds is 5. The van der Waals surface area contributed by atoms with Gasteiger partial charge < -0.3 is 29.9 Å².